The first kappa shape index (κ1) is 18.7. The molecule has 0 atom stereocenters. The first-order valence-corrected chi connectivity index (χ1v) is 8.08. The summed E-state index contributed by atoms with van der Waals surface area (Å²) in [7, 11) is 0. The molecule has 9 heteroatoms. The molecular formula is C16H22N4O5. The van der Waals surface area contributed by atoms with Crippen molar-refractivity contribution in [1.29, 1.82) is 0 Å². The molecule has 0 unspecified atom stereocenters. The highest BCUT2D eigenvalue weighted by molar-refractivity contribution is 6.02. The number of non-ortho nitro benzene ring substituents is 1. The van der Waals surface area contributed by atoms with Gasteiger partial charge >= 0.3 is 0 Å². The van der Waals surface area contributed by atoms with Crippen LogP contribution in [0.4, 0.5) is 11.4 Å². The van der Waals surface area contributed by atoms with Crippen LogP contribution in [-0.2, 0) is 9.59 Å². The van der Waals surface area contributed by atoms with Crippen molar-refractivity contribution < 1.29 is 19.2 Å². The Bertz CT molecular complexity index is 679. The molecule has 0 saturated heterocycles. The summed E-state index contributed by atoms with van der Waals surface area (Å²) in [5.74, 6) is -0.481. The van der Waals surface area contributed by atoms with Crippen LogP contribution in [0.15, 0.2) is 18.2 Å². The monoisotopic (exact) mass is 350 g/mol. The SMILES string of the molecule is CCC(CC)(CN)NC(=O)CN1C(=O)COc2ccc([N+](=O)[O-])cc21. The summed E-state index contributed by atoms with van der Waals surface area (Å²) in [5, 5.41) is 13.9. The van der Waals surface area contributed by atoms with Gasteiger partial charge in [-0.15, -0.1) is 0 Å². The molecule has 0 aromatic heterocycles. The summed E-state index contributed by atoms with van der Waals surface area (Å²) in [6, 6.07) is 3.95. The molecule has 0 aliphatic carbocycles. The zero-order valence-electron chi connectivity index (χ0n) is 14.3. The van der Waals surface area contributed by atoms with Gasteiger partial charge in [0.05, 0.1) is 16.1 Å². The van der Waals surface area contributed by atoms with Crippen LogP contribution in [0.1, 0.15) is 26.7 Å². The van der Waals surface area contributed by atoms with Crippen molar-refractivity contribution in [3.63, 3.8) is 0 Å². The second kappa shape index (κ2) is 7.47. The van der Waals surface area contributed by atoms with Crippen molar-refractivity contribution in [3.05, 3.63) is 28.3 Å². The second-order valence-corrected chi connectivity index (χ2v) is 5.92. The fourth-order valence-electron chi connectivity index (χ4n) is 2.72. The molecule has 1 aromatic carbocycles. The molecule has 0 saturated carbocycles. The lowest BCUT2D eigenvalue weighted by Crippen LogP contribution is -2.56. The molecule has 0 bridgehead atoms. The number of nitro groups is 1. The summed E-state index contributed by atoms with van der Waals surface area (Å²) < 4.78 is 5.28. The Morgan fingerprint density at radius 2 is 2.12 bits per heavy atom. The molecular weight excluding hydrogens is 328 g/mol. The number of hydrogen-bond donors (Lipinski definition) is 2. The normalized spacial score (nSPS) is 13.9. The first-order chi connectivity index (χ1) is 11.9. The average Bonchev–Trinajstić information content (AvgIpc) is 2.61. The van der Waals surface area contributed by atoms with E-state index < -0.39 is 16.4 Å². The molecule has 0 fully saturated rings. The number of anilines is 1. The van der Waals surface area contributed by atoms with E-state index in [1.54, 1.807) is 0 Å². The van der Waals surface area contributed by atoms with Crippen molar-refractivity contribution in [1.82, 2.24) is 5.32 Å². The number of fused-ring (bicyclic) bond motifs is 1. The average molecular weight is 350 g/mol. The Labute approximate surface area is 145 Å². The van der Waals surface area contributed by atoms with E-state index in [1.165, 1.54) is 23.1 Å². The summed E-state index contributed by atoms with van der Waals surface area (Å²) in [6.45, 7) is 3.66. The second-order valence-electron chi connectivity index (χ2n) is 5.92. The van der Waals surface area contributed by atoms with Crippen LogP contribution in [0.2, 0.25) is 0 Å². The van der Waals surface area contributed by atoms with Crippen molar-refractivity contribution in [2.75, 3.05) is 24.6 Å². The highest BCUT2D eigenvalue weighted by atomic mass is 16.6. The van der Waals surface area contributed by atoms with Crippen LogP contribution in [0.25, 0.3) is 0 Å². The van der Waals surface area contributed by atoms with Crippen LogP contribution in [-0.4, -0.2) is 42.0 Å². The highest BCUT2D eigenvalue weighted by Gasteiger charge is 2.32. The minimum absolute atomic E-state index is 0.180. The minimum Gasteiger partial charge on any atom is -0.482 e. The topological polar surface area (TPSA) is 128 Å². The van der Waals surface area contributed by atoms with E-state index in [0.717, 1.165) is 0 Å². The fraction of sp³-hybridized carbons (Fsp3) is 0.500. The lowest BCUT2D eigenvalue weighted by Gasteiger charge is -2.34. The molecule has 136 valence electrons. The lowest BCUT2D eigenvalue weighted by molar-refractivity contribution is -0.384. The standard InChI is InChI=1S/C16H22N4O5/c1-3-16(4-2,10-17)18-14(21)8-19-12-7-11(20(23)24)5-6-13(12)25-9-15(19)22/h5-7H,3-4,8-10,17H2,1-2H3,(H,18,21). The predicted octanol–water partition coefficient (Wildman–Crippen LogP) is 0.954. The number of nitrogens with zero attached hydrogens (tertiary/aromatic N) is 2. The largest absolute Gasteiger partial charge is 0.482 e. The van der Waals surface area contributed by atoms with Crippen LogP contribution in [0.5, 0.6) is 5.75 Å². The summed E-state index contributed by atoms with van der Waals surface area (Å²) in [6.07, 6.45) is 1.32. The third-order valence-corrected chi connectivity index (χ3v) is 4.55. The van der Waals surface area contributed by atoms with Gasteiger partial charge < -0.3 is 15.8 Å². The Morgan fingerprint density at radius 1 is 1.44 bits per heavy atom. The molecule has 0 spiro atoms. The minimum atomic E-state index is -0.564. The van der Waals surface area contributed by atoms with Crippen LogP contribution >= 0.6 is 0 Å². The number of carbonyl (C=O) groups is 2. The summed E-state index contributed by atoms with van der Waals surface area (Å²) >= 11 is 0. The smallest absolute Gasteiger partial charge is 0.271 e. The molecule has 3 N–H and O–H groups in total. The number of rotatable bonds is 7. The molecule has 9 nitrogen and oxygen atoms in total. The highest BCUT2D eigenvalue weighted by Crippen LogP contribution is 2.35. The van der Waals surface area contributed by atoms with Crippen molar-refractivity contribution in [3.8, 4) is 5.75 Å². The Morgan fingerprint density at radius 3 is 2.68 bits per heavy atom. The Hall–Kier alpha value is -2.68. The zero-order valence-corrected chi connectivity index (χ0v) is 14.3. The molecule has 1 heterocycles. The number of nitrogens with one attached hydrogen (secondary N) is 1. The van der Waals surface area contributed by atoms with E-state index in [4.69, 9.17) is 10.5 Å². The lowest BCUT2D eigenvalue weighted by atomic mass is 9.93. The molecule has 25 heavy (non-hydrogen) atoms. The van der Waals surface area contributed by atoms with Gasteiger partial charge in [0.25, 0.3) is 11.6 Å². The molecule has 1 aliphatic heterocycles. The van der Waals surface area contributed by atoms with Gasteiger partial charge in [0, 0.05) is 18.7 Å². The van der Waals surface area contributed by atoms with Gasteiger partial charge in [0.2, 0.25) is 5.91 Å². The maximum absolute atomic E-state index is 12.4. The number of benzene rings is 1. The summed E-state index contributed by atoms with van der Waals surface area (Å²) in [5.41, 5.74) is 5.28. The van der Waals surface area contributed by atoms with E-state index >= 15 is 0 Å². The van der Waals surface area contributed by atoms with Gasteiger partial charge in [-0.05, 0) is 18.9 Å². The maximum atomic E-state index is 12.4. The Balaban J connectivity index is 2.25. The van der Waals surface area contributed by atoms with Gasteiger partial charge in [-0.1, -0.05) is 13.8 Å². The van der Waals surface area contributed by atoms with E-state index in [9.17, 15) is 19.7 Å². The third-order valence-electron chi connectivity index (χ3n) is 4.55. The summed E-state index contributed by atoms with van der Waals surface area (Å²) in [4.78, 5) is 36.2. The van der Waals surface area contributed by atoms with Crippen LogP contribution < -0.4 is 20.7 Å². The molecule has 2 amide bonds. The molecule has 2 rings (SSSR count). The van der Waals surface area contributed by atoms with Gasteiger partial charge in [-0.25, -0.2) is 0 Å². The Kier molecular flexibility index (Phi) is 5.58. The van der Waals surface area contributed by atoms with Crippen LogP contribution in [0.3, 0.4) is 0 Å². The van der Waals surface area contributed by atoms with Crippen LogP contribution in [0, 0.1) is 10.1 Å². The zero-order chi connectivity index (χ0) is 18.6. The quantitative estimate of drug-likeness (QED) is 0.557. The fourth-order valence-corrected chi connectivity index (χ4v) is 2.72. The number of nitro benzene ring substituents is 1. The van der Waals surface area contributed by atoms with E-state index in [1.807, 2.05) is 13.8 Å². The number of nitrogens with two attached hydrogens (primary N) is 1. The third kappa shape index (κ3) is 3.87. The van der Waals surface area contributed by atoms with Gasteiger partial charge in [-0.2, -0.15) is 0 Å². The van der Waals surface area contributed by atoms with Gasteiger partial charge in [0.1, 0.15) is 12.3 Å². The van der Waals surface area contributed by atoms with Gasteiger partial charge in [0.15, 0.2) is 6.61 Å². The van der Waals surface area contributed by atoms with Crippen molar-refractivity contribution in [2.45, 2.75) is 32.2 Å². The maximum Gasteiger partial charge on any atom is 0.271 e. The van der Waals surface area contributed by atoms with Gasteiger partial charge in [-0.3, -0.25) is 24.6 Å². The number of carbonyl (C=O) groups excluding carboxylic acids is 2. The van der Waals surface area contributed by atoms with E-state index in [2.05, 4.69) is 5.32 Å². The predicted molar refractivity (Wildman–Crippen MR) is 91.5 cm³/mol. The van der Waals surface area contributed by atoms with E-state index in [-0.39, 0.29) is 37.0 Å². The number of ether oxygens (including phenoxy) is 1. The first-order valence-electron chi connectivity index (χ1n) is 8.08. The molecule has 0 radical (unpaired) electrons. The number of hydrogen-bond acceptors (Lipinski definition) is 6. The molecule has 1 aromatic rings. The van der Waals surface area contributed by atoms with Crippen molar-refractivity contribution >= 4 is 23.2 Å². The molecule has 1 aliphatic rings. The number of amides is 2. The van der Waals surface area contributed by atoms with E-state index in [0.29, 0.717) is 18.6 Å². The van der Waals surface area contributed by atoms with Crippen molar-refractivity contribution in [2.24, 2.45) is 5.73 Å².